The second-order valence-electron chi connectivity index (χ2n) is 6.66. The summed E-state index contributed by atoms with van der Waals surface area (Å²) in [6.07, 6.45) is 1.46. The Morgan fingerprint density at radius 2 is 1.84 bits per heavy atom. The maximum absolute atomic E-state index is 12.3. The first-order valence-electron chi connectivity index (χ1n) is 9.02. The molecule has 6 heteroatoms. The van der Waals surface area contributed by atoms with Crippen molar-refractivity contribution in [3.05, 3.63) is 29.3 Å². The van der Waals surface area contributed by atoms with Crippen LogP contribution in [0.5, 0.6) is 0 Å². The summed E-state index contributed by atoms with van der Waals surface area (Å²) in [5.41, 5.74) is 3.15. The molecular weight excluding hydrogens is 316 g/mol. The number of aryl methyl sites for hydroxylation is 1. The number of carbonyl (C=O) groups excluding carboxylic acids is 2. The van der Waals surface area contributed by atoms with Gasteiger partial charge in [-0.3, -0.25) is 14.5 Å². The number of rotatable bonds is 7. The predicted molar refractivity (Wildman–Crippen MR) is 101 cm³/mol. The number of amides is 2. The number of carbonyl (C=O) groups is 2. The van der Waals surface area contributed by atoms with Gasteiger partial charge in [-0.15, -0.1) is 0 Å². The second kappa shape index (κ2) is 9.53. The zero-order valence-corrected chi connectivity index (χ0v) is 15.6. The minimum atomic E-state index is 0.00231. The van der Waals surface area contributed by atoms with Gasteiger partial charge in [-0.1, -0.05) is 12.1 Å². The Balaban J connectivity index is 1.75. The minimum Gasteiger partial charge on any atom is -0.340 e. The molecule has 2 N–H and O–H groups in total. The third kappa shape index (κ3) is 5.83. The van der Waals surface area contributed by atoms with E-state index in [0.717, 1.165) is 37.3 Å². The van der Waals surface area contributed by atoms with Crippen LogP contribution in [0.15, 0.2) is 18.2 Å². The van der Waals surface area contributed by atoms with Gasteiger partial charge in [-0.25, -0.2) is 0 Å². The van der Waals surface area contributed by atoms with Crippen molar-refractivity contribution in [1.82, 2.24) is 15.1 Å². The fourth-order valence-corrected chi connectivity index (χ4v) is 3.01. The minimum absolute atomic E-state index is 0.00231. The second-order valence-corrected chi connectivity index (χ2v) is 6.66. The van der Waals surface area contributed by atoms with E-state index in [9.17, 15) is 9.59 Å². The van der Waals surface area contributed by atoms with Gasteiger partial charge in [0.05, 0.1) is 6.54 Å². The summed E-state index contributed by atoms with van der Waals surface area (Å²) in [4.78, 5) is 28.4. The third-order valence-corrected chi connectivity index (χ3v) is 4.79. The summed E-state index contributed by atoms with van der Waals surface area (Å²) < 4.78 is 0. The van der Waals surface area contributed by atoms with Crippen molar-refractivity contribution in [3.8, 4) is 0 Å². The first-order chi connectivity index (χ1) is 12.0. The fraction of sp³-hybridized carbons (Fsp3) is 0.579. The molecule has 25 heavy (non-hydrogen) atoms. The van der Waals surface area contributed by atoms with E-state index in [0.29, 0.717) is 26.1 Å². The molecule has 1 aromatic carbocycles. The molecule has 0 unspecified atom stereocenters. The Morgan fingerprint density at radius 3 is 2.52 bits per heavy atom. The molecule has 0 saturated carbocycles. The quantitative estimate of drug-likeness (QED) is 0.732. The molecule has 1 heterocycles. The van der Waals surface area contributed by atoms with E-state index in [4.69, 9.17) is 0 Å². The van der Waals surface area contributed by atoms with Gasteiger partial charge >= 0.3 is 0 Å². The van der Waals surface area contributed by atoms with Crippen molar-refractivity contribution in [2.24, 2.45) is 0 Å². The van der Waals surface area contributed by atoms with Crippen molar-refractivity contribution >= 4 is 17.5 Å². The summed E-state index contributed by atoms with van der Waals surface area (Å²) in [5, 5.41) is 6.06. The average Bonchev–Trinajstić information content (AvgIpc) is 2.59. The van der Waals surface area contributed by atoms with E-state index < -0.39 is 0 Å². The first-order valence-corrected chi connectivity index (χ1v) is 9.02. The average molecular weight is 346 g/mol. The molecule has 0 radical (unpaired) electrons. The maximum Gasteiger partial charge on any atom is 0.238 e. The Hall–Kier alpha value is -1.92. The molecule has 6 nitrogen and oxygen atoms in total. The van der Waals surface area contributed by atoms with Crippen LogP contribution < -0.4 is 10.6 Å². The van der Waals surface area contributed by atoms with E-state index in [1.54, 1.807) is 0 Å². The first kappa shape index (κ1) is 19.4. The summed E-state index contributed by atoms with van der Waals surface area (Å²) in [7, 11) is 1.90. The Morgan fingerprint density at radius 1 is 1.12 bits per heavy atom. The standard InChI is InChI=1S/C19H30N4O2/c1-15-6-4-7-17(16(15)2)21-18(24)14-22-10-12-23(13-11-22)19(25)8-5-9-20-3/h4,6-7,20H,5,8-14H2,1-3H3,(H,21,24). The number of nitrogens with one attached hydrogen (secondary N) is 2. The molecule has 0 bridgehead atoms. The molecule has 1 aliphatic rings. The Kier molecular flexibility index (Phi) is 7.40. The van der Waals surface area contributed by atoms with Crippen molar-refractivity contribution < 1.29 is 9.59 Å². The van der Waals surface area contributed by atoms with Gasteiger partial charge in [0, 0.05) is 38.3 Å². The number of benzene rings is 1. The van der Waals surface area contributed by atoms with Gasteiger partial charge in [0.25, 0.3) is 0 Å². The van der Waals surface area contributed by atoms with Crippen LogP contribution in [-0.2, 0) is 9.59 Å². The summed E-state index contributed by atoms with van der Waals surface area (Å²) in [5.74, 6) is 0.220. The lowest BCUT2D eigenvalue weighted by Gasteiger charge is -2.34. The normalized spacial score (nSPS) is 15.2. The SMILES string of the molecule is CNCCCC(=O)N1CCN(CC(=O)Nc2cccc(C)c2C)CC1. The Bertz CT molecular complexity index is 595. The smallest absolute Gasteiger partial charge is 0.238 e. The summed E-state index contributed by atoms with van der Waals surface area (Å²) in [6, 6.07) is 5.93. The lowest BCUT2D eigenvalue weighted by Crippen LogP contribution is -2.50. The highest BCUT2D eigenvalue weighted by Gasteiger charge is 2.22. The highest BCUT2D eigenvalue weighted by Crippen LogP contribution is 2.18. The molecule has 1 fully saturated rings. The zero-order chi connectivity index (χ0) is 18.2. The van der Waals surface area contributed by atoms with Crippen molar-refractivity contribution in [1.29, 1.82) is 0 Å². The van der Waals surface area contributed by atoms with Crippen molar-refractivity contribution in [2.75, 3.05) is 51.6 Å². The van der Waals surface area contributed by atoms with E-state index in [-0.39, 0.29) is 11.8 Å². The maximum atomic E-state index is 12.3. The van der Waals surface area contributed by atoms with Crippen LogP contribution in [0, 0.1) is 13.8 Å². The number of nitrogens with zero attached hydrogens (tertiary/aromatic N) is 2. The number of anilines is 1. The highest BCUT2D eigenvalue weighted by atomic mass is 16.2. The molecule has 1 aliphatic heterocycles. The summed E-state index contributed by atoms with van der Waals surface area (Å²) in [6.45, 7) is 8.20. The topological polar surface area (TPSA) is 64.7 Å². The van der Waals surface area contributed by atoms with Gasteiger partial charge in [0.1, 0.15) is 0 Å². The zero-order valence-electron chi connectivity index (χ0n) is 15.6. The number of hydrogen-bond donors (Lipinski definition) is 2. The molecular formula is C19H30N4O2. The lowest BCUT2D eigenvalue weighted by atomic mass is 10.1. The van der Waals surface area contributed by atoms with E-state index in [1.807, 2.05) is 44.0 Å². The van der Waals surface area contributed by atoms with Crippen LogP contribution in [0.3, 0.4) is 0 Å². The number of hydrogen-bond acceptors (Lipinski definition) is 4. The van der Waals surface area contributed by atoms with Crippen LogP contribution >= 0.6 is 0 Å². The Labute approximate surface area is 150 Å². The molecule has 2 rings (SSSR count). The molecule has 1 saturated heterocycles. The van der Waals surface area contributed by atoms with Gasteiger partial charge in [0.15, 0.2) is 0 Å². The lowest BCUT2D eigenvalue weighted by molar-refractivity contribution is -0.133. The van der Waals surface area contributed by atoms with Crippen LogP contribution in [0.2, 0.25) is 0 Å². The molecule has 138 valence electrons. The fourth-order valence-electron chi connectivity index (χ4n) is 3.01. The van der Waals surface area contributed by atoms with Crippen molar-refractivity contribution in [2.45, 2.75) is 26.7 Å². The third-order valence-electron chi connectivity index (χ3n) is 4.79. The molecule has 0 aromatic heterocycles. The molecule has 1 aromatic rings. The predicted octanol–water partition coefficient (Wildman–Crippen LogP) is 1.39. The number of piperazine rings is 1. The molecule has 0 atom stereocenters. The van der Waals surface area contributed by atoms with E-state index in [1.165, 1.54) is 5.56 Å². The summed E-state index contributed by atoms with van der Waals surface area (Å²) >= 11 is 0. The van der Waals surface area contributed by atoms with E-state index in [2.05, 4.69) is 15.5 Å². The van der Waals surface area contributed by atoms with Crippen LogP contribution in [0.1, 0.15) is 24.0 Å². The monoisotopic (exact) mass is 346 g/mol. The van der Waals surface area contributed by atoms with Crippen LogP contribution in [0.25, 0.3) is 0 Å². The van der Waals surface area contributed by atoms with E-state index >= 15 is 0 Å². The molecule has 0 spiro atoms. The van der Waals surface area contributed by atoms with Gasteiger partial charge in [-0.05, 0) is 51.1 Å². The van der Waals surface area contributed by atoms with Crippen LogP contribution in [-0.4, -0.2) is 67.9 Å². The molecule has 0 aliphatic carbocycles. The molecule has 2 amide bonds. The highest BCUT2D eigenvalue weighted by molar-refractivity contribution is 5.93. The largest absolute Gasteiger partial charge is 0.340 e. The van der Waals surface area contributed by atoms with Gasteiger partial charge < -0.3 is 15.5 Å². The van der Waals surface area contributed by atoms with Gasteiger partial charge in [0.2, 0.25) is 11.8 Å². The van der Waals surface area contributed by atoms with Crippen molar-refractivity contribution in [3.63, 3.8) is 0 Å². The van der Waals surface area contributed by atoms with Crippen LogP contribution in [0.4, 0.5) is 5.69 Å². The van der Waals surface area contributed by atoms with Gasteiger partial charge in [-0.2, -0.15) is 0 Å².